The summed E-state index contributed by atoms with van der Waals surface area (Å²) in [7, 11) is 1.79. The first-order valence-corrected chi connectivity index (χ1v) is 7.55. The normalized spacial score (nSPS) is 10.5. The lowest BCUT2D eigenvalue weighted by Gasteiger charge is -2.11. The Morgan fingerprint density at radius 1 is 1.19 bits per heavy atom. The van der Waals surface area contributed by atoms with E-state index in [0.29, 0.717) is 11.4 Å². The Hall–Kier alpha value is -1.88. The Labute approximate surface area is 133 Å². The molecule has 0 aliphatic heterocycles. The zero-order chi connectivity index (χ0) is 15.4. The molecule has 0 saturated carbocycles. The summed E-state index contributed by atoms with van der Waals surface area (Å²) in [6.45, 7) is 4.11. The second kappa shape index (κ2) is 6.72. The second-order valence-electron chi connectivity index (χ2n) is 5.03. The lowest BCUT2D eigenvalue weighted by Crippen LogP contribution is -2.13. The number of aromatic nitrogens is 1. The first-order valence-electron chi connectivity index (χ1n) is 6.76. The summed E-state index contributed by atoms with van der Waals surface area (Å²) in [6.07, 6.45) is 0. The molecule has 0 spiro atoms. The molecule has 4 nitrogen and oxygen atoms in total. The lowest BCUT2D eigenvalue weighted by molar-refractivity contribution is 0.102. The van der Waals surface area contributed by atoms with Gasteiger partial charge >= 0.3 is 0 Å². The number of rotatable bonds is 4. The van der Waals surface area contributed by atoms with Crippen molar-refractivity contribution in [2.45, 2.75) is 19.8 Å². The minimum atomic E-state index is -0.141. The number of hydrogen-bond donors (Lipinski definition) is 2. The molecule has 110 valence electrons. The van der Waals surface area contributed by atoms with E-state index in [1.807, 2.05) is 30.3 Å². The first-order chi connectivity index (χ1) is 9.99. The second-order valence-corrected chi connectivity index (χ2v) is 5.95. The monoisotopic (exact) mass is 347 g/mol. The van der Waals surface area contributed by atoms with Gasteiger partial charge in [-0.2, -0.15) is 0 Å². The van der Waals surface area contributed by atoms with E-state index in [0.717, 1.165) is 15.9 Å². The molecular formula is C16H18BrN3O. The third kappa shape index (κ3) is 4.04. The molecule has 0 aliphatic rings. The van der Waals surface area contributed by atoms with Gasteiger partial charge in [-0.15, -0.1) is 0 Å². The smallest absolute Gasteiger partial charge is 0.255 e. The van der Waals surface area contributed by atoms with E-state index in [9.17, 15) is 4.79 Å². The minimum absolute atomic E-state index is 0.141. The van der Waals surface area contributed by atoms with Gasteiger partial charge in [0.25, 0.3) is 5.91 Å². The van der Waals surface area contributed by atoms with Gasteiger partial charge in [-0.05, 0) is 42.3 Å². The molecule has 0 unspecified atom stereocenters. The summed E-state index contributed by atoms with van der Waals surface area (Å²) in [6, 6.07) is 11.1. The van der Waals surface area contributed by atoms with Crippen LogP contribution in [0.4, 0.5) is 11.5 Å². The van der Waals surface area contributed by atoms with E-state index in [4.69, 9.17) is 0 Å². The molecule has 1 aromatic heterocycles. The van der Waals surface area contributed by atoms with Gasteiger partial charge in [0.05, 0.1) is 0 Å². The third-order valence-corrected chi connectivity index (χ3v) is 3.59. The predicted molar refractivity (Wildman–Crippen MR) is 90.0 cm³/mol. The maximum atomic E-state index is 12.4. The van der Waals surface area contributed by atoms with Crippen LogP contribution in [0.5, 0.6) is 0 Å². The van der Waals surface area contributed by atoms with Crippen molar-refractivity contribution in [2.24, 2.45) is 0 Å². The van der Waals surface area contributed by atoms with Crippen molar-refractivity contribution in [2.75, 3.05) is 17.7 Å². The molecule has 2 N–H and O–H groups in total. The molecule has 1 aromatic carbocycles. The van der Waals surface area contributed by atoms with Crippen LogP contribution in [0.1, 0.15) is 35.8 Å². The molecule has 21 heavy (non-hydrogen) atoms. The number of amides is 1. The summed E-state index contributed by atoms with van der Waals surface area (Å²) in [5, 5.41) is 5.88. The molecule has 0 radical (unpaired) electrons. The number of halogens is 1. The number of pyridine rings is 1. The number of benzene rings is 1. The van der Waals surface area contributed by atoms with Crippen LogP contribution in [0.3, 0.4) is 0 Å². The van der Waals surface area contributed by atoms with E-state index >= 15 is 0 Å². The topological polar surface area (TPSA) is 54.0 Å². The van der Waals surface area contributed by atoms with Gasteiger partial charge in [-0.25, -0.2) is 4.98 Å². The van der Waals surface area contributed by atoms with Crippen LogP contribution in [0.15, 0.2) is 40.9 Å². The van der Waals surface area contributed by atoms with Crippen molar-refractivity contribution in [3.63, 3.8) is 0 Å². The van der Waals surface area contributed by atoms with Crippen LogP contribution in [0.2, 0.25) is 0 Å². The maximum Gasteiger partial charge on any atom is 0.255 e. The number of carbonyl (C=O) groups is 1. The summed E-state index contributed by atoms with van der Waals surface area (Å²) in [5.41, 5.74) is 2.25. The Bertz CT molecular complexity index is 638. The van der Waals surface area contributed by atoms with Gasteiger partial charge in [-0.1, -0.05) is 29.8 Å². The van der Waals surface area contributed by atoms with Crippen molar-refractivity contribution >= 4 is 33.3 Å². The average molecular weight is 348 g/mol. The van der Waals surface area contributed by atoms with Gasteiger partial charge in [0.1, 0.15) is 5.82 Å². The minimum Gasteiger partial charge on any atom is -0.373 e. The van der Waals surface area contributed by atoms with E-state index in [1.165, 1.54) is 0 Å². The Kier molecular flexibility index (Phi) is 4.96. The van der Waals surface area contributed by atoms with Gasteiger partial charge < -0.3 is 10.6 Å². The van der Waals surface area contributed by atoms with Crippen molar-refractivity contribution in [1.82, 2.24) is 4.98 Å². The van der Waals surface area contributed by atoms with Crippen LogP contribution in [0, 0.1) is 0 Å². The lowest BCUT2D eigenvalue weighted by atomic mass is 10.1. The van der Waals surface area contributed by atoms with E-state index in [-0.39, 0.29) is 11.8 Å². The van der Waals surface area contributed by atoms with Crippen molar-refractivity contribution in [3.8, 4) is 0 Å². The zero-order valence-corrected chi connectivity index (χ0v) is 13.9. The number of anilines is 2. The third-order valence-electron chi connectivity index (χ3n) is 3.06. The van der Waals surface area contributed by atoms with Crippen molar-refractivity contribution < 1.29 is 4.79 Å². The first kappa shape index (κ1) is 15.5. The highest BCUT2D eigenvalue weighted by atomic mass is 79.9. The quantitative estimate of drug-likeness (QED) is 0.868. The summed E-state index contributed by atoms with van der Waals surface area (Å²) in [4.78, 5) is 16.8. The average Bonchev–Trinajstić information content (AvgIpc) is 2.49. The Balaban J connectivity index is 2.25. The maximum absolute atomic E-state index is 12.4. The van der Waals surface area contributed by atoms with Gasteiger partial charge in [-0.3, -0.25) is 4.79 Å². The number of carbonyl (C=O) groups excluding carboxylic acids is 1. The van der Waals surface area contributed by atoms with Crippen LogP contribution < -0.4 is 10.6 Å². The van der Waals surface area contributed by atoms with Crippen molar-refractivity contribution in [3.05, 3.63) is 52.1 Å². The number of hydrogen-bond acceptors (Lipinski definition) is 3. The largest absolute Gasteiger partial charge is 0.373 e. The zero-order valence-electron chi connectivity index (χ0n) is 12.3. The highest BCUT2D eigenvalue weighted by Gasteiger charge is 2.11. The molecule has 5 heteroatoms. The molecule has 0 bridgehead atoms. The molecule has 0 fully saturated rings. The highest BCUT2D eigenvalue weighted by molar-refractivity contribution is 9.10. The molecule has 1 amide bonds. The predicted octanol–water partition coefficient (Wildman–Crippen LogP) is 4.26. The standard InChI is InChI=1S/C16H18BrN3O/c1-10(2)14-8-11(9-15(18-3)20-14)16(21)19-13-6-4-12(17)5-7-13/h4-10H,1-3H3,(H,18,20)(H,19,21). The summed E-state index contributed by atoms with van der Waals surface area (Å²) < 4.78 is 0.976. The van der Waals surface area contributed by atoms with E-state index in [2.05, 4.69) is 45.4 Å². The molecule has 0 saturated heterocycles. The van der Waals surface area contributed by atoms with Gasteiger partial charge in [0, 0.05) is 28.5 Å². The van der Waals surface area contributed by atoms with Crippen LogP contribution in [0.25, 0.3) is 0 Å². The van der Waals surface area contributed by atoms with Gasteiger partial charge in [0.2, 0.25) is 0 Å². The Morgan fingerprint density at radius 2 is 1.86 bits per heavy atom. The highest BCUT2D eigenvalue weighted by Crippen LogP contribution is 2.19. The fourth-order valence-corrected chi connectivity index (χ4v) is 2.11. The molecule has 0 aliphatic carbocycles. The van der Waals surface area contributed by atoms with Gasteiger partial charge in [0.15, 0.2) is 0 Å². The summed E-state index contributed by atoms with van der Waals surface area (Å²) in [5.74, 6) is 0.817. The van der Waals surface area contributed by atoms with Crippen LogP contribution in [-0.4, -0.2) is 17.9 Å². The van der Waals surface area contributed by atoms with E-state index in [1.54, 1.807) is 13.1 Å². The van der Waals surface area contributed by atoms with Crippen LogP contribution in [-0.2, 0) is 0 Å². The molecule has 2 rings (SSSR count). The van der Waals surface area contributed by atoms with Crippen LogP contribution >= 0.6 is 15.9 Å². The number of nitrogens with zero attached hydrogens (tertiary/aromatic N) is 1. The van der Waals surface area contributed by atoms with E-state index < -0.39 is 0 Å². The molecule has 1 heterocycles. The molecule has 2 aromatic rings. The summed E-state index contributed by atoms with van der Waals surface area (Å²) >= 11 is 3.37. The van der Waals surface area contributed by atoms with Crippen molar-refractivity contribution in [1.29, 1.82) is 0 Å². The fourth-order valence-electron chi connectivity index (χ4n) is 1.84. The molecule has 0 atom stereocenters. The fraction of sp³-hybridized carbons (Fsp3) is 0.250. The molecular weight excluding hydrogens is 330 g/mol. The number of nitrogens with one attached hydrogen (secondary N) is 2. The Morgan fingerprint density at radius 3 is 2.43 bits per heavy atom. The SMILES string of the molecule is CNc1cc(C(=O)Nc2ccc(Br)cc2)cc(C(C)C)n1.